The molecule has 31 heavy (non-hydrogen) atoms. The van der Waals surface area contributed by atoms with Gasteiger partial charge in [-0.15, -0.1) is 0 Å². The molecule has 0 saturated heterocycles. The van der Waals surface area contributed by atoms with E-state index in [9.17, 15) is 19.7 Å². The monoisotopic (exact) mass is 417 g/mol. The third kappa shape index (κ3) is 4.78. The molecule has 0 saturated carbocycles. The average Bonchev–Trinajstić information content (AvgIpc) is 2.79. The second-order valence-electron chi connectivity index (χ2n) is 7.41. The third-order valence-corrected chi connectivity index (χ3v) is 5.39. The van der Waals surface area contributed by atoms with Gasteiger partial charge >= 0.3 is 0 Å². The molecule has 0 aliphatic rings. The van der Waals surface area contributed by atoms with E-state index in [2.05, 4.69) is 5.32 Å². The largest absolute Gasteiger partial charge is 0.368 e. The zero-order valence-corrected chi connectivity index (χ0v) is 17.0. The summed E-state index contributed by atoms with van der Waals surface area (Å²) in [6, 6.07) is 23.4. The van der Waals surface area contributed by atoms with Crippen LogP contribution >= 0.6 is 0 Å². The minimum absolute atomic E-state index is 0.0517. The molecule has 0 spiro atoms. The van der Waals surface area contributed by atoms with Crippen molar-refractivity contribution in [1.29, 1.82) is 0 Å². The highest BCUT2D eigenvalue weighted by atomic mass is 16.6. The number of nitrogens with zero attached hydrogens (tertiary/aromatic N) is 1. The minimum Gasteiger partial charge on any atom is -0.368 e. The van der Waals surface area contributed by atoms with Gasteiger partial charge < -0.3 is 11.1 Å². The highest BCUT2D eigenvalue weighted by Crippen LogP contribution is 2.32. The van der Waals surface area contributed by atoms with Crippen LogP contribution in [0, 0.1) is 10.1 Å². The van der Waals surface area contributed by atoms with Gasteiger partial charge in [0.1, 0.15) is 6.04 Å². The molecule has 3 aromatic carbocycles. The van der Waals surface area contributed by atoms with E-state index >= 15 is 0 Å². The second kappa shape index (κ2) is 9.21. The number of carbonyl (C=O) groups excluding carboxylic acids is 2. The summed E-state index contributed by atoms with van der Waals surface area (Å²) in [5, 5.41) is 13.6. The fourth-order valence-corrected chi connectivity index (χ4v) is 3.49. The standard InChI is InChI=1S/C24H23N3O4/c1-24(18-8-4-2-5-9-18,19-10-6-3-7-11-19)23(29)26-21(22(25)28)16-17-12-14-20(15-13-17)27(30)31/h2-15,21H,16H2,1H3,(H2,25,28)(H,26,29)/t21-/m1/s1. The van der Waals surface area contributed by atoms with Gasteiger partial charge in [0, 0.05) is 18.6 Å². The summed E-state index contributed by atoms with van der Waals surface area (Å²) >= 11 is 0. The summed E-state index contributed by atoms with van der Waals surface area (Å²) in [6.45, 7) is 1.80. The van der Waals surface area contributed by atoms with E-state index in [1.165, 1.54) is 12.1 Å². The quantitative estimate of drug-likeness (QED) is 0.433. The molecule has 158 valence electrons. The van der Waals surface area contributed by atoms with Crippen LogP contribution in [0.2, 0.25) is 0 Å². The molecule has 2 amide bonds. The molecule has 3 rings (SSSR count). The molecule has 0 aliphatic carbocycles. The number of carbonyl (C=O) groups is 2. The number of rotatable bonds is 8. The van der Waals surface area contributed by atoms with Gasteiger partial charge in [-0.1, -0.05) is 72.8 Å². The molecule has 3 aromatic rings. The predicted molar refractivity (Wildman–Crippen MR) is 117 cm³/mol. The molecule has 0 unspecified atom stereocenters. The molecule has 0 fully saturated rings. The van der Waals surface area contributed by atoms with Gasteiger partial charge in [-0.05, 0) is 23.6 Å². The average molecular weight is 417 g/mol. The van der Waals surface area contributed by atoms with E-state index in [1.54, 1.807) is 19.1 Å². The summed E-state index contributed by atoms with van der Waals surface area (Å²) in [6.07, 6.45) is 0.124. The van der Waals surface area contributed by atoms with E-state index < -0.39 is 22.3 Å². The maximum absolute atomic E-state index is 13.5. The van der Waals surface area contributed by atoms with Crippen LogP contribution in [0.25, 0.3) is 0 Å². The smallest absolute Gasteiger partial charge is 0.269 e. The number of nitrogens with two attached hydrogens (primary N) is 1. The van der Waals surface area contributed by atoms with Crippen molar-refractivity contribution in [2.45, 2.75) is 24.8 Å². The van der Waals surface area contributed by atoms with Gasteiger partial charge in [0.15, 0.2) is 0 Å². The van der Waals surface area contributed by atoms with Crippen LogP contribution in [0.3, 0.4) is 0 Å². The molecular weight excluding hydrogens is 394 g/mol. The fourth-order valence-electron chi connectivity index (χ4n) is 3.49. The number of amides is 2. The first-order valence-corrected chi connectivity index (χ1v) is 9.77. The highest BCUT2D eigenvalue weighted by Gasteiger charge is 2.38. The first-order chi connectivity index (χ1) is 14.8. The molecule has 7 nitrogen and oxygen atoms in total. The van der Waals surface area contributed by atoms with Gasteiger partial charge in [0.2, 0.25) is 11.8 Å². The van der Waals surface area contributed by atoms with Gasteiger partial charge in [-0.2, -0.15) is 0 Å². The Hall–Kier alpha value is -4.00. The Morgan fingerprint density at radius 2 is 1.42 bits per heavy atom. The molecule has 0 heterocycles. The lowest BCUT2D eigenvalue weighted by Crippen LogP contribution is -2.52. The molecule has 3 N–H and O–H groups in total. The summed E-state index contributed by atoms with van der Waals surface area (Å²) in [7, 11) is 0. The molecule has 1 atom stereocenters. The lowest BCUT2D eigenvalue weighted by Gasteiger charge is -2.31. The minimum atomic E-state index is -1.05. The summed E-state index contributed by atoms with van der Waals surface area (Å²) in [4.78, 5) is 36.0. The van der Waals surface area contributed by atoms with Crippen LogP contribution in [0.4, 0.5) is 5.69 Å². The van der Waals surface area contributed by atoms with Crippen molar-refractivity contribution in [2.24, 2.45) is 5.73 Å². The Kier molecular flexibility index (Phi) is 6.45. The normalized spacial score (nSPS) is 12.0. The van der Waals surface area contributed by atoms with Crippen molar-refractivity contribution in [3.63, 3.8) is 0 Å². The Morgan fingerprint density at radius 3 is 1.84 bits per heavy atom. The number of benzene rings is 3. The lowest BCUT2D eigenvalue weighted by molar-refractivity contribution is -0.384. The molecular formula is C24H23N3O4. The molecule has 0 aliphatic heterocycles. The van der Waals surface area contributed by atoms with Gasteiger partial charge in [0.25, 0.3) is 5.69 Å². The Bertz CT molecular complexity index is 1030. The number of nitro groups is 1. The van der Waals surface area contributed by atoms with Crippen molar-refractivity contribution in [3.8, 4) is 0 Å². The Morgan fingerprint density at radius 1 is 0.935 bits per heavy atom. The number of primary amides is 1. The van der Waals surface area contributed by atoms with Crippen molar-refractivity contribution < 1.29 is 14.5 Å². The van der Waals surface area contributed by atoms with Crippen molar-refractivity contribution in [3.05, 3.63) is 112 Å². The number of hydrogen-bond donors (Lipinski definition) is 2. The third-order valence-electron chi connectivity index (χ3n) is 5.39. The summed E-state index contributed by atoms with van der Waals surface area (Å²) < 4.78 is 0. The Balaban J connectivity index is 1.90. The SMILES string of the molecule is CC(C(=O)N[C@H](Cc1ccc([N+](=O)[O-])cc1)C(N)=O)(c1ccccc1)c1ccccc1. The first kappa shape index (κ1) is 21.7. The zero-order chi connectivity index (χ0) is 22.4. The van der Waals surface area contributed by atoms with Gasteiger partial charge in [-0.3, -0.25) is 19.7 Å². The number of non-ortho nitro benzene ring substituents is 1. The first-order valence-electron chi connectivity index (χ1n) is 9.77. The van der Waals surface area contributed by atoms with Crippen LogP contribution in [0.1, 0.15) is 23.6 Å². The van der Waals surface area contributed by atoms with E-state index in [4.69, 9.17) is 5.73 Å². The van der Waals surface area contributed by atoms with Crippen molar-refractivity contribution in [1.82, 2.24) is 5.32 Å². The van der Waals surface area contributed by atoms with Crippen LogP contribution < -0.4 is 11.1 Å². The topological polar surface area (TPSA) is 115 Å². The zero-order valence-electron chi connectivity index (χ0n) is 17.0. The molecule has 7 heteroatoms. The highest BCUT2D eigenvalue weighted by molar-refractivity contribution is 5.95. The van der Waals surface area contributed by atoms with Crippen molar-refractivity contribution in [2.75, 3.05) is 0 Å². The molecule has 0 radical (unpaired) electrons. The maximum atomic E-state index is 13.5. The second-order valence-corrected chi connectivity index (χ2v) is 7.41. The van der Waals surface area contributed by atoms with E-state index in [0.717, 1.165) is 11.1 Å². The maximum Gasteiger partial charge on any atom is 0.269 e. The van der Waals surface area contributed by atoms with E-state index in [-0.39, 0.29) is 18.0 Å². The lowest BCUT2D eigenvalue weighted by atomic mass is 9.75. The van der Waals surface area contributed by atoms with Crippen LogP contribution in [-0.4, -0.2) is 22.8 Å². The number of nitrogens with one attached hydrogen (secondary N) is 1. The van der Waals surface area contributed by atoms with Crippen LogP contribution in [0.15, 0.2) is 84.9 Å². The van der Waals surface area contributed by atoms with Crippen molar-refractivity contribution >= 4 is 17.5 Å². The van der Waals surface area contributed by atoms with E-state index in [0.29, 0.717) is 5.56 Å². The summed E-state index contributed by atoms with van der Waals surface area (Å²) in [5.74, 6) is -1.05. The van der Waals surface area contributed by atoms with Gasteiger partial charge in [0.05, 0.1) is 10.3 Å². The predicted octanol–water partition coefficient (Wildman–Crippen LogP) is 3.11. The fraction of sp³-hybridized carbons (Fsp3) is 0.167. The molecule has 0 bridgehead atoms. The van der Waals surface area contributed by atoms with Gasteiger partial charge in [-0.25, -0.2) is 0 Å². The van der Waals surface area contributed by atoms with Crippen LogP contribution in [-0.2, 0) is 21.4 Å². The molecule has 0 aromatic heterocycles. The number of hydrogen-bond acceptors (Lipinski definition) is 4. The van der Waals surface area contributed by atoms with Crippen LogP contribution in [0.5, 0.6) is 0 Å². The summed E-state index contributed by atoms with van der Waals surface area (Å²) in [5.41, 5.74) is 6.67. The number of nitro benzene ring substituents is 1. The van der Waals surface area contributed by atoms with E-state index in [1.807, 2.05) is 60.7 Å². The Labute approximate surface area is 180 Å².